The minimum atomic E-state index is -4.97. The number of carbonyl (C=O) groups is 4. The summed E-state index contributed by atoms with van der Waals surface area (Å²) < 4.78 is 68.6. The van der Waals surface area contributed by atoms with Crippen molar-refractivity contribution >= 4 is 39.5 Å². The zero-order valence-corrected chi connectivity index (χ0v) is 64.5. The summed E-state index contributed by atoms with van der Waals surface area (Å²) in [4.78, 5) is 72.9. The van der Waals surface area contributed by atoms with Gasteiger partial charge in [-0.25, -0.2) is 9.13 Å². The van der Waals surface area contributed by atoms with Crippen LogP contribution in [0.4, 0.5) is 0 Å². The lowest BCUT2D eigenvalue weighted by molar-refractivity contribution is -0.161. The number of ether oxygens (including phenoxy) is 4. The second-order valence-electron chi connectivity index (χ2n) is 27.0. The van der Waals surface area contributed by atoms with Gasteiger partial charge in [-0.05, 0) is 103 Å². The molecule has 98 heavy (non-hydrogen) atoms. The summed E-state index contributed by atoms with van der Waals surface area (Å²) >= 11 is 0. The van der Waals surface area contributed by atoms with Gasteiger partial charge in [0.15, 0.2) is 12.2 Å². The van der Waals surface area contributed by atoms with Crippen LogP contribution >= 0.6 is 15.6 Å². The second-order valence-corrected chi connectivity index (χ2v) is 29.9. The Morgan fingerprint density at radius 2 is 0.500 bits per heavy atom. The molecular weight excluding hydrogens is 1280 g/mol. The molecule has 0 amide bonds. The van der Waals surface area contributed by atoms with Crippen molar-refractivity contribution in [1.29, 1.82) is 0 Å². The first kappa shape index (κ1) is 95.0. The van der Waals surface area contributed by atoms with Gasteiger partial charge in [-0.15, -0.1) is 0 Å². The average Bonchev–Trinajstić information content (AvgIpc) is 1.04. The fraction of sp³-hybridized carbons (Fsp3) is 0.848. The molecule has 5 atom stereocenters. The van der Waals surface area contributed by atoms with E-state index < -0.39 is 97.5 Å². The van der Waals surface area contributed by atoms with Crippen LogP contribution in [0.2, 0.25) is 0 Å². The summed E-state index contributed by atoms with van der Waals surface area (Å²) in [6.07, 6.45) is 69.4. The lowest BCUT2D eigenvalue weighted by Gasteiger charge is -2.21. The number of hydrogen-bond acceptors (Lipinski definition) is 15. The summed E-state index contributed by atoms with van der Waals surface area (Å²) in [5.74, 6) is -2.17. The molecule has 0 radical (unpaired) electrons. The van der Waals surface area contributed by atoms with Gasteiger partial charge in [0.1, 0.15) is 19.3 Å². The number of allylic oxidation sites excluding steroid dienone is 8. The fourth-order valence-corrected chi connectivity index (χ4v) is 12.7. The summed E-state index contributed by atoms with van der Waals surface area (Å²) in [6.45, 7) is 4.88. The minimum Gasteiger partial charge on any atom is -0.462 e. The molecule has 0 heterocycles. The molecule has 3 N–H and O–H groups in total. The molecule has 0 bridgehead atoms. The van der Waals surface area contributed by atoms with E-state index >= 15 is 0 Å². The smallest absolute Gasteiger partial charge is 0.462 e. The Hall–Kier alpha value is -2.98. The first-order valence-electron chi connectivity index (χ1n) is 39.9. The SMILES string of the molecule is CCCCCC/C=C\C=C/CCCCCCCC(=O)OC[C@H](COP(=O)(O)OC[C@@H](O)COP(=O)(O)OC[C@@H](COC(=O)CCCCCCCCCCCCCCC)OC(=O)CCCCCCC/C=C\CCCCCCCC)OC(=O)CCCCCCC/C=C\CCCCCCCC. The van der Waals surface area contributed by atoms with E-state index in [1.165, 1.54) is 161 Å². The van der Waals surface area contributed by atoms with Gasteiger partial charge >= 0.3 is 39.5 Å². The van der Waals surface area contributed by atoms with Crippen molar-refractivity contribution in [3.8, 4) is 0 Å². The maximum atomic E-state index is 13.1. The fourth-order valence-electron chi connectivity index (χ4n) is 11.1. The van der Waals surface area contributed by atoms with Gasteiger partial charge in [0.05, 0.1) is 26.4 Å². The molecule has 0 aromatic carbocycles. The monoisotopic (exact) mass is 1430 g/mol. The topological polar surface area (TPSA) is 237 Å². The van der Waals surface area contributed by atoms with Crippen molar-refractivity contribution in [1.82, 2.24) is 0 Å². The standard InChI is InChI=1S/C79H146O17P2/c1-5-9-13-17-21-25-29-33-36-40-44-48-52-56-60-64-77(82)90-70-75(96-79(84)66-62-58-54-50-46-42-38-35-31-27-23-19-15-11-7-3)72-94-98(87,88)92-68-73(80)67-91-97(85,86)93-71-74(69-89-76(81)63-59-55-51-47-43-39-32-28-24-20-16-12-8-4)95-78(83)65-61-57-53-49-45-41-37-34-30-26-22-18-14-10-6-2/h25,29,33-38,73-75,80H,5-24,26-28,30-32,39-72H2,1-4H3,(H,85,86)(H,87,88)/b29-25-,36-33-,37-34-,38-35-/t73-,74+,75+/m0/s1. The number of aliphatic hydroxyl groups is 1. The van der Waals surface area contributed by atoms with E-state index in [0.29, 0.717) is 25.7 Å². The summed E-state index contributed by atoms with van der Waals surface area (Å²) in [5, 5.41) is 10.6. The Kier molecular flexibility index (Phi) is 70.2. The highest BCUT2D eigenvalue weighted by Gasteiger charge is 2.30. The van der Waals surface area contributed by atoms with E-state index in [9.17, 15) is 43.2 Å². The number of carbonyl (C=O) groups excluding carboxylic acids is 4. The highest BCUT2D eigenvalue weighted by atomic mass is 31.2. The predicted molar refractivity (Wildman–Crippen MR) is 400 cm³/mol. The molecule has 0 aliphatic rings. The van der Waals surface area contributed by atoms with E-state index in [0.717, 1.165) is 135 Å². The zero-order chi connectivity index (χ0) is 71.8. The lowest BCUT2D eigenvalue weighted by atomic mass is 10.0. The van der Waals surface area contributed by atoms with Gasteiger partial charge in [0.2, 0.25) is 0 Å². The molecule has 0 aliphatic carbocycles. The van der Waals surface area contributed by atoms with Crippen LogP contribution in [0.25, 0.3) is 0 Å². The summed E-state index contributed by atoms with van der Waals surface area (Å²) in [5.41, 5.74) is 0. The summed E-state index contributed by atoms with van der Waals surface area (Å²) in [7, 11) is -9.94. The molecule has 19 heteroatoms. The van der Waals surface area contributed by atoms with E-state index in [2.05, 4.69) is 76.3 Å². The van der Waals surface area contributed by atoms with Crippen LogP contribution < -0.4 is 0 Å². The molecule has 0 aromatic heterocycles. The van der Waals surface area contributed by atoms with Crippen molar-refractivity contribution < 1.29 is 80.2 Å². The Balaban J connectivity index is 5.34. The van der Waals surface area contributed by atoms with Gasteiger partial charge in [-0.3, -0.25) is 37.3 Å². The Bertz CT molecular complexity index is 2050. The van der Waals surface area contributed by atoms with Crippen LogP contribution in [-0.4, -0.2) is 96.7 Å². The maximum Gasteiger partial charge on any atom is 0.472 e. The van der Waals surface area contributed by atoms with Crippen molar-refractivity contribution in [2.24, 2.45) is 0 Å². The molecule has 2 unspecified atom stereocenters. The van der Waals surface area contributed by atoms with E-state index in [-0.39, 0.29) is 25.7 Å². The van der Waals surface area contributed by atoms with Crippen LogP contribution in [0.1, 0.15) is 374 Å². The largest absolute Gasteiger partial charge is 0.472 e. The van der Waals surface area contributed by atoms with E-state index in [1.807, 2.05) is 0 Å². The molecule has 0 saturated carbocycles. The summed E-state index contributed by atoms with van der Waals surface area (Å²) in [6, 6.07) is 0. The average molecular weight is 1430 g/mol. The Labute approximate surface area is 597 Å². The minimum absolute atomic E-state index is 0.0864. The van der Waals surface area contributed by atoms with E-state index in [1.54, 1.807) is 0 Å². The van der Waals surface area contributed by atoms with Crippen LogP contribution in [0.3, 0.4) is 0 Å². The molecule has 0 rings (SSSR count). The zero-order valence-electron chi connectivity index (χ0n) is 62.7. The normalized spacial score (nSPS) is 14.2. The maximum absolute atomic E-state index is 13.1. The molecule has 0 aliphatic heterocycles. The van der Waals surface area contributed by atoms with Gasteiger partial charge in [0.25, 0.3) is 0 Å². The first-order valence-corrected chi connectivity index (χ1v) is 42.9. The first-order chi connectivity index (χ1) is 47.7. The molecule has 0 saturated heterocycles. The van der Waals surface area contributed by atoms with Crippen molar-refractivity contribution in [2.45, 2.75) is 393 Å². The van der Waals surface area contributed by atoms with Crippen LogP contribution in [-0.2, 0) is 65.4 Å². The molecule has 0 spiro atoms. The second kappa shape index (κ2) is 72.4. The Morgan fingerprint density at radius 1 is 0.286 bits per heavy atom. The number of hydrogen-bond donors (Lipinski definition) is 3. The number of esters is 4. The molecular formula is C79H146O17P2. The van der Waals surface area contributed by atoms with Gasteiger partial charge in [0, 0.05) is 25.7 Å². The van der Waals surface area contributed by atoms with Crippen molar-refractivity contribution in [3.63, 3.8) is 0 Å². The Morgan fingerprint density at radius 3 is 0.776 bits per heavy atom. The molecule has 574 valence electrons. The highest BCUT2D eigenvalue weighted by molar-refractivity contribution is 7.47. The molecule has 0 fully saturated rings. The number of rotatable bonds is 76. The predicted octanol–water partition coefficient (Wildman–Crippen LogP) is 22.9. The number of unbranched alkanes of at least 4 members (excludes halogenated alkanes) is 43. The van der Waals surface area contributed by atoms with Crippen molar-refractivity contribution in [3.05, 3.63) is 48.6 Å². The van der Waals surface area contributed by atoms with Crippen LogP contribution in [0.15, 0.2) is 48.6 Å². The van der Waals surface area contributed by atoms with Crippen LogP contribution in [0, 0.1) is 0 Å². The lowest BCUT2D eigenvalue weighted by Crippen LogP contribution is -2.30. The quantitative estimate of drug-likeness (QED) is 0.0128. The van der Waals surface area contributed by atoms with Gasteiger partial charge in [-0.1, -0.05) is 295 Å². The number of phosphoric acid groups is 2. The third-order valence-corrected chi connectivity index (χ3v) is 19.2. The van der Waals surface area contributed by atoms with Gasteiger partial charge < -0.3 is 33.8 Å². The van der Waals surface area contributed by atoms with Crippen LogP contribution in [0.5, 0.6) is 0 Å². The van der Waals surface area contributed by atoms with Gasteiger partial charge in [-0.2, -0.15) is 0 Å². The third-order valence-electron chi connectivity index (χ3n) is 17.3. The van der Waals surface area contributed by atoms with E-state index in [4.69, 9.17) is 37.0 Å². The number of phosphoric ester groups is 2. The number of aliphatic hydroxyl groups excluding tert-OH is 1. The highest BCUT2D eigenvalue weighted by Crippen LogP contribution is 2.45. The van der Waals surface area contributed by atoms with Crippen molar-refractivity contribution in [2.75, 3.05) is 39.6 Å². The molecule has 17 nitrogen and oxygen atoms in total. The third kappa shape index (κ3) is 71.4. The molecule has 0 aromatic rings.